The fourth-order valence-electron chi connectivity index (χ4n) is 5.49. The van der Waals surface area contributed by atoms with E-state index in [1.165, 1.54) is 0 Å². The van der Waals surface area contributed by atoms with Crippen molar-refractivity contribution in [3.8, 4) is 22.8 Å². The minimum absolute atomic E-state index is 0.230. The molecule has 2 fully saturated rings. The van der Waals surface area contributed by atoms with Crippen molar-refractivity contribution in [2.24, 2.45) is 5.41 Å². The normalized spacial score (nSPS) is 17.1. The van der Waals surface area contributed by atoms with Crippen molar-refractivity contribution in [2.75, 3.05) is 38.3 Å². The van der Waals surface area contributed by atoms with Gasteiger partial charge in [0.25, 0.3) is 0 Å². The van der Waals surface area contributed by atoms with E-state index in [1.54, 1.807) is 13.3 Å². The maximum atomic E-state index is 6.42. The number of rotatable bonds is 6. The lowest BCUT2D eigenvalue weighted by molar-refractivity contribution is -0.127. The Balaban J connectivity index is 1.32. The Morgan fingerprint density at radius 2 is 1.86 bits per heavy atom. The number of aromatic amines is 1. The number of hydrogen-bond donors (Lipinski definition) is 1. The molecular weight excluding hydrogens is 456 g/mol. The molecule has 1 aromatic carbocycles. The minimum Gasteiger partial charge on any atom is -0.493 e. The molecule has 36 heavy (non-hydrogen) atoms. The topological polar surface area (TPSA) is 98.3 Å². The number of ether oxygens (including phenoxy) is 3. The van der Waals surface area contributed by atoms with Gasteiger partial charge in [0.1, 0.15) is 17.6 Å². The molecule has 1 N–H and O–H groups in total. The molecule has 1 spiro atoms. The van der Waals surface area contributed by atoms with Gasteiger partial charge in [0.2, 0.25) is 0 Å². The van der Waals surface area contributed by atoms with E-state index >= 15 is 0 Å². The molecule has 0 aliphatic carbocycles. The van der Waals surface area contributed by atoms with Crippen LogP contribution in [0.4, 0.5) is 5.82 Å². The van der Waals surface area contributed by atoms with Gasteiger partial charge in [0, 0.05) is 41.9 Å². The standard InChI is InChI=1S/C27H30N6O3/c1-15-6-19(10-28-26(15)33-11-27(12-33)13-35-14-27)25-20-7-23(22(34-5)8-21(20)31-32-25)36-18(4)24-16(2)9-29-30-17(24)3/h6-10,18H,11-14H2,1-5H3,(H,31,32). The summed E-state index contributed by atoms with van der Waals surface area (Å²) in [6, 6.07) is 6.07. The fourth-order valence-corrected chi connectivity index (χ4v) is 5.49. The lowest BCUT2D eigenvalue weighted by atomic mass is 9.78. The number of aryl methyl sites for hydroxylation is 3. The van der Waals surface area contributed by atoms with Crippen LogP contribution in [0.5, 0.6) is 11.5 Å². The largest absolute Gasteiger partial charge is 0.493 e. The van der Waals surface area contributed by atoms with Gasteiger partial charge >= 0.3 is 0 Å². The number of nitrogens with one attached hydrogen (secondary N) is 1. The third-order valence-corrected chi connectivity index (χ3v) is 7.32. The SMILES string of the molecule is COc1cc2[nH]nc(-c3cnc(N4CC5(COC5)C4)c(C)c3)c2cc1OC(C)c1c(C)cnnc1C. The number of H-pyrrole nitrogens is 1. The maximum Gasteiger partial charge on any atom is 0.162 e. The molecule has 5 heterocycles. The van der Waals surface area contributed by atoms with Gasteiger partial charge in [-0.05, 0) is 51.0 Å². The van der Waals surface area contributed by atoms with Crippen LogP contribution in [0, 0.1) is 26.2 Å². The van der Waals surface area contributed by atoms with Crippen molar-refractivity contribution >= 4 is 16.7 Å². The first-order valence-electron chi connectivity index (χ1n) is 12.2. The molecular formula is C27H30N6O3. The Kier molecular flexibility index (Phi) is 5.33. The van der Waals surface area contributed by atoms with Crippen LogP contribution in [0.15, 0.2) is 30.6 Å². The van der Waals surface area contributed by atoms with Gasteiger partial charge in [0.15, 0.2) is 11.5 Å². The molecule has 0 saturated carbocycles. The first kappa shape index (κ1) is 22.7. The summed E-state index contributed by atoms with van der Waals surface area (Å²) in [7, 11) is 1.64. The summed E-state index contributed by atoms with van der Waals surface area (Å²) in [6.07, 6.45) is 3.44. The molecule has 2 saturated heterocycles. The highest BCUT2D eigenvalue weighted by atomic mass is 16.5. The van der Waals surface area contributed by atoms with Crippen LogP contribution >= 0.6 is 0 Å². The lowest BCUT2D eigenvalue weighted by Gasteiger charge is -2.55. The van der Waals surface area contributed by atoms with E-state index in [-0.39, 0.29) is 6.10 Å². The molecule has 3 aromatic heterocycles. The summed E-state index contributed by atoms with van der Waals surface area (Å²) >= 11 is 0. The van der Waals surface area contributed by atoms with Gasteiger partial charge in [-0.2, -0.15) is 15.3 Å². The average molecular weight is 487 g/mol. The molecule has 1 atom stereocenters. The number of pyridine rings is 1. The molecule has 6 rings (SSSR count). The number of nitrogens with zero attached hydrogens (tertiary/aromatic N) is 5. The molecule has 9 nitrogen and oxygen atoms in total. The summed E-state index contributed by atoms with van der Waals surface area (Å²) in [5, 5.41) is 16.9. The van der Waals surface area contributed by atoms with Gasteiger partial charge < -0.3 is 19.1 Å². The van der Waals surface area contributed by atoms with E-state index in [1.807, 2.05) is 39.1 Å². The Labute approximate surface area is 209 Å². The van der Waals surface area contributed by atoms with Crippen molar-refractivity contribution in [3.05, 3.63) is 53.0 Å². The zero-order valence-corrected chi connectivity index (χ0v) is 21.3. The predicted molar refractivity (Wildman–Crippen MR) is 137 cm³/mol. The second-order valence-corrected chi connectivity index (χ2v) is 10.1. The zero-order chi connectivity index (χ0) is 25.0. The van der Waals surface area contributed by atoms with E-state index in [4.69, 9.17) is 19.2 Å². The summed E-state index contributed by atoms with van der Waals surface area (Å²) < 4.78 is 17.5. The van der Waals surface area contributed by atoms with Gasteiger partial charge in [-0.1, -0.05) is 0 Å². The van der Waals surface area contributed by atoms with Crippen LogP contribution in [0.3, 0.4) is 0 Å². The molecule has 0 bridgehead atoms. The number of fused-ring (bicyclic) bond motifs is 1. The van der Waals surface area contributed by atoms with Crippen molar-refractivity contribution in [1.82, 2.24) is 25.4 Å². The van der Waals surface area contributed by atoms with E-state index in [9.17, 15) is 0 Å². The number of aromatic nitrogens is 5. The van der Waals surface area contributed by atoms with Gasteiger partial charge in [-0.15, -0.1) is 0 Å². The molecule has 1 unspecified atom stereocenters. The van der Waals surface area contributed by atoms with Crippen LogP contribution < -0.4 is 14.4 Å². The van der Waals surface area contributed by atoms with E-state index in [0.717, 1.165) is 76.7 Å². The van der Waals surface area contributed by atoms with Gasteiger partial charge in [0.05, 0.1) is 43.1 Å². The molecule has 186 valence electrons. The highest BCUT2D eigenvalue weighted by molar-refractivity contribution is 5.95. The fraction of sp³-hybridized carbons (Fsp3) is 0.407. The predicted octanol–water partition coefficient (Wildman–Crippen LogP) is 4.33. The zero-order valence-electron chi connectivity index (χ0n) is 21.3. The summed E-state index contributed by atoms with van der Waals surface area (Å²) in [5.74, 6) is 2.32. The number of anilines is 1. The highest BCUT2D eigenvalue weighted by Crippen LogP contribution is 2.42. The Morgan fingerprint density at radius 3 is 2.53 bits per heavy atom. The number of methoxy groups -OCH3 is 1. The third kappa shape index (κ3) is 3.65. The van der Waals surface area contributed by atoms with Crippen LogP contribution in [0.25, 0.3) is 22.2 Å². The minimum atomic E-state index is -0.230. The summed E-state index contributed by atoms with van der Waals surface area (Å²) in [5.41, 5.74) is 7.06. The maximum absolute atomic E-state index is 6.42. The molecule has 4 aromatic rings. The molecule has 2 aliphatic rings. The van der Waals surface area contributed by atoms with Crippen LogP contribution in [0.2, 0.25) is 0 Å². The molecule has 9 heteroatoms. The van der Waals surface area contributed by atoms with Crippen molar-refractivity contribution in [3.63, 3.8) is 0 Å². The van der Waals surface area contributed by atoms with Crippen molar-refractivity contribution < 1.29 is 14.2 Å². The van der Waals surface area contributed by atoms with E-state index in [0.29, 0.717) is 16.9 Å². The molecule has 2 aliphatic heterocycles. The second kappa shape index (κ2) is 8.44. The first-order valence-corrected chi connectivity index (χ1v) is 12.2. The lowest BCUT2D eigenvalue weighted by Crippen LogP contribution is -2.66. The second-order valence-electron chi connectivity index (χ2n) is 10.1. The monoisotopic (exact) mass is 486 g/mol. The summed E-state index contributed by atoms with van der Waals surface area (Å²) in [4.78, 5) is 7.15. The molecule has 0 radical (unpaired) electrons. The van der Waals surface area contributed by atoms with E-state index in [2.05, 4.69) is 38.3 Å². The highest BCUT2D eigenvalue weighted by Gasteiger charge is 2.49. The van der Waals surface area contributed by atoms with Crippen molar-refractivity contribution in [2.45, 2.75) is 33.8 Å². The van der Waals surface area contributed by atoms with Crippen molar-refractivity contribution in [1.29, 1.82) is 0 Å². The van der Waals surface area contributed by atoms with E-state index < -0.39 is 0 Å². The Hall–Kier alpha value is -3.72. The third-order valence-electron chi connectivity index (χ3n) is 7.32. The van der Waals surface area contributed by atoms with Crippen LogP contribution in [-0.4, -0.2) is 58.8 Å². The van der Waals surface area contributed by atoms with Crippen LogP contribution in [0.1, 0.15) is 35.4 Å². The quantitative estimate of drug-likeness (QED) is 0.430. The van der Waals surface area contributed by atoms with Gasteiger partial charge in [-0.25, -0.2) is 4.98 Å². The average Bonchev–Trinajstić information content (AvgIpc) is 3.20. The Bertz CT molecular complexity index is 1430. The Morgan fingerprint density at radius 1 is 1.06 bits per heavy atom. The molecule has 0 amide bonds. The number of hydrogen-bond acceptors (Lipinski definition) is 8. The summed E-state index contributed by atoms with van der Waals surface area (Å²) in [6.45, 7) is 11.8. The first-order chi connectivity index (χ1) is 17.4. The van der Waals surface area contributed by atoms with Gasteiger partial charge in [-0.3, -0.25) is 5.10 Å². The number of benzene rings is 1. The smallest absolute Gasteiger partial charge is 0.162 e. The van der Waals surface area contributed by atoms with Crippen LogP contribution in [-0.2, 0) is 4.74 Å².